The normalized spacial score (nSPS) is 20.3. The number of ether oxygens (including phenoxy) is 1. The maximum Gasteiger partial charge on any atom is 0.320 e. The summed E-state index contributed by atoms with van der Waals surface area (Å²) < 4.78 is 5.54. The molecule has 2 bridgehead atoms. The van der Waals surface area contributed by atoms with Gasteiger partial charge in [0.05, 0.1) is 16.7 Å². The number of nitrogens with zero attached hydrogens (tertiary/aromatic N) is 2. The van der Waals surface area contributed by atoms with Crippen LogP contribution in [0.1, 0.15) is 17.4 Å². The molecule has 1 N–H and O–H groups in total. The zero-order valence-corrected chi connectivity index (χ0v) is 8.91. The number of hydrogen-bond donors (Lipinski definition) is 1. The molecule has 0 amide bonds. The van der Waals surface area contributed by atoms with Crippen molar-refractivity contribution >= 4 is 5.69 Å². The van der Waals surface area contributed by atoms with Gasteiger partial charge in [0.2, 0.25) is 12.0 Å². The van der Waals surface area contributed by atoms with E-state index in [2.05, 4.69) is 5.59 Å². The molecule has 2 aliphatic rings. The molecule has 0 aliphatic carbocycles. The van der Waals surface area contributed by atoms with Crippen LogP contribution in [0.3, 0.4) is 0 Å². The van der Waals surface area contributed by atoms with Crippen LogP contribution in [0.25, 0.3) is 0 Å². The van der Waals surface area contributed by atoms with Gasteiger partial charge in [-0.1, -0.05) is 11.7 Å². The molecule has 0 radical (unpaired) electrons. The molecule has 0 fully saturated rings. The summed E-state index contributed by atoms with van der Waals surface area (Å²) >= 11 is 0. The molecule has 0 saturated carbocycles. The summed E-state index contributed by atoms with van der Waals surface area (Å²) in [6.45, 7) is 1.81. The molecule has 1 atom stereocenters. The smallest absolute Gasteiger partial charge is 0.320 e. The zero-order valence-electron chi connectivity index (χ0n) is 8.91. The van der Waals surface area contributed by atoms with Gasteiger partial charge < -0.3 is 9.57 Å². The van der Waals surface area contributed by atoms with Gasteiger partial charge in [0.1, 0.15) is 6.26 Å². The quantitative estimate of drug-likeness (QED) is 0.618. The highest BCUT2D eigenvalue weighted by atomic mass is 16.7. The lowest BCUT2D eigenvalue weighted by Crippen LogP contribution is -2.33. The molecule has 88 valence electrons. The van der Waals surface area contributed by atoms with E-state index < -0.39 is 11.2 Å². The molecular weight excluding hydrogens is 226 g/mol. The highest BCUT2D eigenvalue weighted by Gasteiger charge is 2.40. The maximum absolute atomic E-state index is 11.0. The molecule has 7 nitrogen and oxygen atoms in total. The molecule has 1 unspecified atom stereocenters. The Morgan fingerprint density at radius 3 is 3.00 bits per heavy atom. The van der Waals surface area contributed by atoms with Crippen molar-refractivity contribution in [2.24, 2.45) is 0 Å². The number of hydrogen-bond acceptors (Lipinski definition) is 6. The Morgan fingerprint density at radius 2 is 2.35 bits per heavy atom. The Kier molecular flexibility index (Phi) is 1.96. The molecule has 3 rings (SSSR count). The molecule has 0 spiro atoms. The second-order valence-corrected chi connectivity index (χ2v) is 3.77. The molecule has 0 aromatic heterocycles. The van der Waals surface area contributed by atoms with E-state index in [1.54, 1.807) is 18.3 Å². The number of nitro groups is 1. The minimum Gasteiger partial charge on any atom is -0.457 e. The van der Waals surface area contributed by atoms with Crippen LogP contribution in [0, 0.1) is 17.0 Å². The Morgan fingerprint density at radius 1 is 1.53 bits per heavy atom. The minimum atomic E-state index is -0.570. The molecule has 2 aliphatic heterocycles. The zero-order chi connectivity index (χ0) is 12.0. The summed E-state index contributed by atoms with van der Waals surface area (Å²) in [4.78, 5) is 15.4. The number of fused-ring (bicyclic) bond motifs is 2. The highest BCUT2D eigenvalue weighted by molar-refractivity contribution is 5.60. The first-order valence-corrected chi connectivity index (χ1v) is 4.99. The van der Waals surface area contributed by atoms with Crippen molar-refractivity contribution in [1.29, 1.82) is 0 Å². The summed E-state index contributed by atoms with van der Waals surface area (Å²) in [6, 6.07) is 3.41. The molecule has 1 aromatic rings. The van der Waals surface area contributed by atoms with E-state index in [4.69, 9.17) is 9.57 Å². The van der Waals surface area contributed by atoms with Crippen molar-refractivity contribution in [2.45, 2.75) is 13.2 Å². The van der Waals surface area contributed by atoms with Gasteiger partial charge in [-0.3, -0.25) is 10.1 Å². The van der Waals surface area contributed by atoms with Gasteiger partial charge >= 0.3 is 5.69 Å². The van der Waals surface area contributed by atoms with E-state index in [9.17, 15) is 10.1 Å². The Bertz CT molecular complexity index is 529. The van der Waals surface area contributed by atoms with Crippen molar-refractivity contribution in [1.82, 2.24) is 10.6 Å². The van der Waals surface area contributed by atoms with E-state index >= 15 is 0 Å². The van der Waals surface area contributed by atoms with Crippen LogP contribution >= 0.6 is 0 Å². The van der Waals surface area contributed by atoms with Gasteiger partial charge in [0.15, 0.2) is 0 Å². The van der Waals surface area contributed by atoms with Crippen LogP contribution in [-0.2, 0) is 4.84 Å². The van der Waals surface area contributed by atoms with Crippen LogP contribution in [0.4, 0.5) is 5.69 Å². The lowest BCUT2D eigenvalue weighted by Gasteiger charge is -2.21. The fraction of sp³-hybridized carbons (Fsp3) is 0.200. The summed E-state index contributed by atoms with van der Waals surface area (Å²) in [5.41, 5.74) is 3.96. The lowest BCUT2D eigenvalue weighted by atomic mass is 10.1. The second-order valence-electron chi connectivity index (χ2n) is 3.77. The number of hydrazine groups is 1. The monoisotopic (exact) mass is 235 g/mol. The van der Waals surface area contributed by atoms with Crippen molar-refractivity contribution < 1.29 is 14.5 Å². The first kappa shape index (κ1) is 9.91. The molecular formula is C10H9N3O4. The summed E-state index contributed by atoms with van der Waals surface area (Å²) in [5.74, 6) is 0.280. The average Bonchev–Trinajstić information content (AvgIpc) is 2.89. The van der Waals surface area contributed by atoms with Crippen LogP contribution in [0.15, 0.2) is 24.6 Å². The number of nitrogens with one attached hydrogen (secondary N) is 1. The van der Waals surface area contributed by atoms with Gasteiger partial charge in [-0.05, 0) is 18.6 Å². The third-order valence-electron chi connectivity index (χ3n) is 2.77. The Labute approximate surface area is 96.3 Å². The highest BCUT2D eigenvalue weighted by Crippen LogP contribution is 2.46. The van der Waals surface area contributed by atoms with Crippen molar-refractivity contribution in [3.8, 4) is 5.75 Å². The fourth-order valence-electron chi connectivity index (χ4n) is 2.00. The largest absolute Gasteiger partial charge is 0.457 e. The lowest BCUT2D eigenvalue weighted by molar-refractivity contribution is -0.385. The second kappa shape index (κ2) is 3.36. The molecule has 1 aromatic carbocycles. The summed E-state index contributed by atoms with van der Waals surface area (Å²) in [5, 5.41) is 12.6. The van der Waals surface area contributed by atoms with Gasteiger partial charge in [-0.2, -0.15) is 0 Å². The summed E-state index contributed by atoms with van der Waals surface area (Å²) in [7, 11) is 0. The number of aryl methyl sites for hydroxylation is 1. The van der Waals surface area contributed by atoms with Crippen molar-refractivity contribution in [3.63, 3.8) is 0 Å². The van der Waals surface area contributed by atoms with Crippen LogP contribution < -0.4 is 10.3 Å². The minimum absolute atomic E-state index is 0.0251. The van der Waals surface area contributed by atoms with Crippen molar-refractivity contribution in [3.05, 3.63) is 45.8 Å². The van der Waals surface area contributed by atoms with Gasteiger partial charge in [0.25, 0.3) is 0 Å². The van der Waals surface area contributed by atoms with E-state index in [0.717, 1.165) is 5.56 Å². The fourth-order valence-corrected chi connectivity index (χ4v) is 2.00. The SMILES string of the molecule is Cc1ccc2c([N+](=O)[O-])c1C(N1C=CON1)O2. The van der Waals surface area contributed by atoms with Gasteiger partial charge in [-0.15, -0.1) is 0 Å². The van der Waals surface area contributed by atoms with E-state index in [0.29, 0.717) is 5.56 Å². The Balaban J connectivity index is 2.09. The van der Waals surface area contributed by atoms with Crippen LogP contribution in [-0.4, -0.2) is 9.93 Å². The predicted molar refractivity (Wildman–Crippen MR) is 56.4 cm³/mol. The Hall–Kier alpha value is -2.28. The third-order valence-corrected chi connectivity index (χ3v) is 2.77. The predicted octanol–water partition coefficient (Wildman–Crippen LogP) is 1.52. The standard InChI is InChI=1S/C10H9N3O4/c1-6-2-3-7-9(13(14)15)8(6)10(17-7)12-4-5-16-11-12/h2-5,10-11H,1H3. The van der Waals surface area contributed by atoms with Gasteiger partial charge in [-0.25, -0.2) is 5.01 Å². The summed E-state index contributed by atoms with van der Waals surface area (Å²) in [6.07, 6.45) is 2.48. The third kappa shape index (κ3) is 1.32. The van der Waals surface area contributed by atoms with Crippen molar-refractivity contribution in [2.75, 3.05) is 0 Å². The molecule has 2 heterocycles. The number of benzene rings is 1. The van der Waals surface area contributed by atoms with Crippen LogP contribution in [0.2, 0.25) is 0 Å². The topological polar surface area (TPSA) is 76.9 Å². The first-order chi connectivity index (χ1) is 8.18. The first-order valence-electron chi connectivity index (χ1n) is 4.99. The number of rotatable bonds is 2. The van der Waals surface area contributed by atoms with Gasteiger partial charge in [0, 0.05) is 0 Å². The van der Waals surface area contributed by atoms with Crippen LogP contribution in [0.5, 0.6) is 5.75 Å². The molecule has 17 heavy (non-hydrogen) atoms. The number of nitro benzene ring substituents is 1. The van der Waals surface area contributed by atoms with E-state index in [-0.39, 0.29) is 11.4 Å². The van der Waals surface area contributed by atoms with E-state index in [1.807, 2.05) is 6.92 Å². The molecule has 7 heteroatoms. The average molecular weight is 235 g/mol. The molecule has 0 saturated heterocycles. The van der Waals surface area contributed by atoms with E-state index in [1.165, 1.54) is 11.3 Å². The maximum atomic E-state index is 11.0.